The van der Waals surface area contributed by atoms with Crippen molar-refractivity contribution in [1.29, 1.82) is 0 Å². The number of pyridine rings is 1. The highest BCUT2D eigenvalue weighted by atomic mass is 31.2. The number of ether oxygens (including phenoxy) is 1. The molecule has 7 atom stereocenters. The van der Waals surface area contributed by atoms with Crippen LogP contribution in [0, 0.1) is 35.5 Å². The van der Waals surface area contributed by atoms with Crippen molar-refractivity contribution in [3.63, 3.8) is 0 Å². The maximum absolute atomic E-state index is 15.4. The Morgan fingerprint density at radius 3 is 1.85 bits per heavy atom. The normalized spacial score (nSPS) is 28.4. The Morgan fingerprint density at radius 2 is 1.38 bits per heavy atom. The Balaban J connectivity index is 1.77. The van der Waals surface area contributed by atoms with E-state index in [1.807, 2.05) is 6.07 Å². The predicted octanol–water partition coefficient (Wildman–Crippen LogP) is 9.09. The Bertz CT molecular complexity index is 1090. The molecule has 0 amide bonds. The third kappa shape index (κ3) is 7.63. The first kappa shape index (κ1) is 30.9. The van der Waals surface area contributed by atoms with Gasteiger partial charge in [-0.05, 0) is 79.4 Å². The molecule has 2 aromatic rings. The molecule has 2 saturated carbocycles. The molecule has 1 aromatic carbocycles. The lowest BCUT2D eigenvalue weighted by molar-refractivity contribution is -0.0207. The minimum atomic E-state index is -4.05. The lowest BCUT2D eigenvalue weighted by atomic mass is 9.75. The van der Waals surface area contributed by atoms with Gasteiger partial charge in [0.1, 0.15) is 0 Å². The molecule has 0 aliphatic heterocycles. The first-order valence-corrected chi connectivity index (χ1v) is 16.8. The fourth-order valence-corrected chi connectivity index (χ4v) is 8.82. The SMILES string of the molecule is CC(C)[C@H]1CC[C@@H](C)C[C@H]1OP(=O)(O[C@@H]1C[C@H](C)CC[C@@H]1C(C)C)[C@H](OC(=O)c1ccccc1)c1cccnc1. The van der Waals surface area contributed by atoms with E-state index in [9.17, 15) is 4.79 Å². The van der Waals surface area contributed by atoms with Crippen LogP contribution in [0.15, 0.2) is 54.9 Å². The zero-order valence-electron chi connectivity index (χ0n) is 25.1. The standard InChI is InChI=1S/C33H48NO5P/c1-22(2)28-16-14-24(5)19-30(28)38-40(36,39-31-20-25(6)15-17-29(31)23(3)4)33(27-13-10-18-34-21-27)37-32(35)26-11-8-7-9-12-26/h7-13,18,21-25,28-31,33H,14-17,19-20H2,1-6H3/t24-,25-,28-,29-,30-,31-,33+/m1/s1. The molecule has 1 aromatic heterocycles. The van der Waals surface area contributed by atoms with Crippen molar-refractivity contribution in [1.82, 2.24) is 4.98 Å². The van der Waals surface area contributed by atoms with Crippen LogP contribution in [-0.4, -0.2) is 23.2 Å². The molecule has 2 aliphatic rings. The molecule has 4 rings (SSSR count). The summed E-state index contributed by atoms with van der Waals surface area (Å²) in [7, 11) is -4.05. The molecule has 0 bridgehead atoms. The van der Waals surface area contributed by atoms with Crippen LogP contribution in [0.25, 0.3) is 0 Å². The van der Waals surface area contributed by atoms with E-state index < -0.39 is 19.4 Å². The summed E-state index contributed by atoms with van der Waals surface area (Å²) in [6, 6.07) is 12.4. The number of hydrogen-bond donors (Lipinski definition) is 0. The largest absolute Gasteiger partial charge is 0.441 e. The van der Waals surface area contributed by atoms with Crippen molar-refractivity contribution in [3.05, 3.63) is 66.0 Å². The van der Waals surface area contributed by atoms with Gasteiger partial charge < -0.3 is 13.8 Å². The summed E-state index contributed by atoms with van der Waals surface area (Å²) in [4.78, 5) is 17.7. The highest BCUT2D eigenvalue weighted by Gasteiger charge is 2.49. The molecule has 40 heavy (non-hydrogen) atoms. The smallest absolute Gasteiger partial charge is 0.376 e. The predicted molar refractivity (Wildman–Crippen MR) is 159 cm³/mol. The summed E-state index contributed by atoms with van der Waals surface area (Å²) in [6.45, 7) is 13.3. The second kappa shape index (κ2) is 13.8. The van der Waals surface area contributed by atoms with Crippen LogP contribution >= 0.6 is 7.60 Å². The maximum atomic E-state index is 15.4. The fraction of sp³-hybridized carbons (Fsp3) is 0.636. The van der Waals surface area contributed by atoms with E-state index in [-0.39, 0.29) is 24.0 Å². The number of hydrogen-bond acceptors (Lipinski definition) is 6. The Morgan fingerprint density at radius 1 is 0.825 bits per heavy atom. The average molecular weight is 570 g/mol. The molecule has 1 heterocycles. The molecular formula is C33H48NO5P. The number of rotatable bonds is 10. The number of aromatic nitrogens is 1. The van der Waals surface area contributed by atoms with E-state index in [0.717, 1.165) is 38.5 Å². The van der Waals surface area contributed by atoms with E-state index in [0.29, 0.717) is 34.8 Å². The van der Waals surface area contributed by atoms with Crippen LogP contribution in [-0.2, 0) is 18.3 Å². The van der Waals surface area contributed by atoms with Gasteiger partial charge in [-0.15, -0.1) is 0 Å². The van der Waals surface area contributed by atoms with Gasteiger partial charge in [0.2, 0.25) is 5.85 Å². The quantitative estimate of drug-likeness (QED) is 0.210. The molecule has 6 nitrogen and oxygen atoms in total. The molecule has 0 saturated heterocycles. The van der Waals surface area contributed by atoms with Gasteiger partial charge in [0.05, 0.1) is 17.8 Å². The van der Waals surface area contributed by atoms with Crippen molar-refractivity contribution in [2.24, 2.45) is 35.5 Å². The van der Waals surface area contributed by atoms with E-state index in [1.165, 1.54) is 0 Å². The van der Waals surface area contributed by atoms with Gasteiger partial charge in [0.15, 0.2) is 0 Å². The molecule has 0 spiro atoms. The lowest BCUT2D eigenvalue weighted by Crippen LogP contribution is -2.37. The summed E-state index contributed by atoms with van der Waals surface area (Å²) >= 11 is 0. The second-order valence-corrected chi connectivity index (χ2v) is 14.9. The second-order valence-electron chi connectivity index (χ2n) is 12.9. The van der Waals surface area contributed by atoms with E-state index >= 15 is 4.57 Å². The third-order valence-electron chi connectivity index (χ3n) is 8.97. The Kier molecular flexibility index (Phi) is 10.6. The highest BCUT2D eigenvalue weighted by Crippen LogP contribution is 2.66. The van der Waals surface area contributed by atoms with Crippen molar-refractivity contribution >= 4 is 13.6 Å². The number of nitrogens with zero attached hydrogens (tertiary/aromatic N) is 1. The van der Waals surface area contributed by atoms with Gasteiger partial charge in [-0.1, -0.05) is 78.6 Å². The summed E-state index contributed by atoms with van der Waals surface area (Å²) in [5.74, 6) is 0.365. The first-order valence-electron chi connectivity index (χ1n) is 15.2. The summed E-state index contributed by atoms with van der Waals surface area (Å²) in [5.41, 5.74) is 0.908. The molecule has 0 radical (unpaired) electrons. The minimum Gasteiger partial charge on any atom is -0.441 e. The zero-order chi connectivity index (χ0) is 28.9. The maximum Gasteiger partial charge on any atom is 0.376 e. The fourth-order valence-electron chi connectivity index (χ4n) is 6.57. The van der Waals surface area contributed by atoms with Crippen LogP contribution in [0.1, 0.15) is 102 Å². The topological polar surface area (TPSA) is 74.7 Å². The molecule has 0 N–H and O–H groups in total. The van der Waals surface area contributed by atoms with E-state index in [2.05, 4.69) is 46.5 Å². The van der Waals surface area contributed by atoms with Crippen molar-refractivity contribution in [2.75, 3.05) is 0 Å². The van der Waals surface area contributed by atoms with E-state index in [4.69, 9.17) is 13.8 Å². The molecule has 0 unspecified atom stereocenters. The monoisotopic (exact) mass is 569 g/mol. The Labute approximate surface area is 241 Å². The van der Waals surface area contributed by atoms with E-state index in [1.54, 1.807) is 48.8 Å². The Hall–Kier alpha value is -2.01. The van der Waals surface area contributed by atoms with Gasteiger partial charge in [0.25, 0.3) is 0 Å². The number of carbonyl (C=O) groups excluding carboxylic acids is 1. The number of carbonyl (C=O) groups is 1. The third-order valence-corrected chi connectivity index (χ3v) is 11.1. The summed E-state index contributed by atoms with van der Waals surface area (Å²) in [5, 5.41) is 0. The molecule has 220 valence electrons. The molecule has 2 fully saturated rings. The average Bonchev–Trinajstić information content (AvgIpc) is 2.92. The van der Waals surface area contributed by atoms with Gasteiger partial charge in [-0.25, -0.2) is 4.79 Å². The summed E-state index contributed by atoms with van der Waals surface area (Å²) < 4.78 is 35.1. The van der Waals surface area contributed by atoms with Crippen LogP contribution in [0.5, 0.6) is 0 Å². The van der Waals surface area contributed by atoms with Gasteiger partial charge >= 0.3 is 13.6 Å². The molecule has 2 aliphatic carbocycles. The molecule has 7 heteroatoms. The molecular weight excluding hydrogens is 521 g/mol. The van der Waals surface area contributed by atoms with Crippen LogP contribution < -0.4 is 0 Å². The van der Waals surface area contributed by atoms with Crippen molar-refractivity contribution in [2.45, 2.75) is 98.1 Å². The minimum absolute atomic E-state index is 0.248. The van der Waals surface area contributed by atoms with Crippen molar-refractivity contribution in [3.8, 4) is 0 Å². The van der Waals surface area contributed by atoms with Crippen LogP contribution in [0.3, 0.4) is 0 Å². The number of esters is 1. The lowest BCUT2D eigenvalue weighted by Gasteiger charge is -2.43. The first-order chi connectivity index (χ1) is 19.1. The van der Waals surface area contributed by atoms with Crippen LogP contribution in [0.2, 0.25) is 0 Å². The summed E-state index contributed by atoms with van der Waals surface area (Å²) in [6.07, 6.45) is 8.65. The van der Waals surface area contributed by atoms with Gasteiger partial charge in [-0.3, -0.25) is 9.55 Å². The van der Waals surface area contributed by atoms with Crippen molar-refractivity contribution < 1.29 is 23.1 Å². The van der Waals surface area contributed by atoms with Gasteiger partial charge in [-0.2, -0.15) is 0 Å². The number of benzene rings is 1. The zero-order valence-corrected chi connectivity index (χ0v) is 26.0. The highest BCUT2D eigenvalue weighted by molar-refractivity contribution is 7.54. The van der Waals surface area contributed by atoms with Gasteiger partial charge in [0, 0.05) is 18.0 Å². The van der Waals surface area contributed by atoms with Crippen LogP contribution in [0.4, 0.5) is 0 Å².